The van der Waals surface area contributed by atoms with Crippen LogP contribution in [0.2, 0.25) is 5.02 Å². The van der Waals surface area contributed by atoms with Gasteiger partial charge in [0.05, 0.1) is 45.7 Å². The molecular formula is C27H22ClN3O4. The lowest BCUT2D eigenvalue weighted by molar-refractivity contribution is -0.0877. The van der Waals surface area contributed by atoms with Crippen LogP contribution in [0.4, 0.5) is 0 Å². The highest BCUT2D eigenvalue weighted by Gasteiger charge is 2.61. The van der Waals surface area contributed by atoms with Gasteiger partial charge in [0, 0.05) is 29.5 Å². The fourth-order valence-corrected chi connectivity index (χ4v) is 5.79. The molecule has 2 atom stereocenters. The van der Waals surface area contributed by atoms with Crippen LogP contribution in [0.15, 0.2) is 54.7 Å². The average Bonchev–Trinajstić information content (AvgIpc) is 3.44. The first-order valence-electron chi connectivity index (χ1n) is 11.4. The number of ether oxygens (including phenoxy) is 2. The van der Waals surface area contributed by atoms with Crippen LogP contribution in [0.25, 0.3) is 16.5 Å². The number of pyridine rings is 1. The Morgan fingerprint density at radius 3 is 2.60 bits per heavy atom. The molecule has 0 aliphatic carbocycles. The van der Waals surface area contributed by atoms with E-state index >= 15 is 0 Å². The van der Waals surface area contributed by atoms with Crippen LogP contribution in [0.1, 0.15) is 42.9 Å². The van der Waals surface area contributed by atoms with Gasteiger partial charge in [-0.2, -0.15) is 5.26 Å². The van der Waals surface area contributed by atoms with Gasteiger partial charge in [0.1, 0.15) is 5.60 Å². The minimum Gasteiger partial charge on any atom is -0.494 e. The van der Waals surface area contributed by atoms with Crippen LogP contribution in [-0.2, 0) is 15.9 Å². The molecule has 2 N–H and O–H groups in total. The molecule has 6 rings (SSSR count). The van der Waals surface area contributed by atoms with Crippen LogP contribution >= 0.6 is 11.6 Å². The third-order valence-corrected chi connectivity index (χ3v) is 7.47. The van der Waals surface area contributed by atoms with Gasteiger partial charge in [0.2, 0.25) is 17.6 Å². The summed E-state index contributed by atoms with van der Waals surface area (Å²) in [4.78, 5) is 4.17. The van der Waals surface area contributed by atoms with Crippen LogP contribution in [-0.4, -0.2) is 26.4 Å². The molecule has 0 saturated carbocycles. The van der Waals surface area contributed by atoms with Gasteiger partial charge in [0.15, 0.2) is 0 Å². The molecule has 2 aromatic heterocycles. The number of rotatable bonds is 5. The number of aromatic hydroxyl groups is 2. The Bertz CT molecular complexity index is 1520. The van der Waals surface area contributed by atoms with Crippen molar-refractivity contribution in [1.82, 2.24) is 9.55 Å². The lowest BCUT2D eigenvalue weighted by Gasteiger charge is -2.26. The van der Waals surface area contributed by atoms with Crippen molar-refractivity contribution in [3.63, 3.8) is 0 Å². The zero-order chi connectivity index (χ0) is 24.4. The number of aromatic nitrogens is 2. The summed E-state index contributed by atoms with van der Waals surface area (Å²) in [6.45, 7) is 2.26. The van der Waals surface area contributed by atoms with E-state index in [0.29, 0.717) is 59.1 Å². The van der Waals surface area contributed by atoms with Crippen LogP contribution in [0, 0.1) is 11.3 Å². The Hall–Kier alpha value is -3.73. The van der Waals surface area contributed by atoms with Crippen LogP contribution < -0.4 is 4.74 Å². The summed E-state index contributed by atoms with van der Waals surface area (Å²) in [6, 6.07) is 16.6. The van der Waals surface area contributed by atoms with E-state index in [1.165, 1.54) is 10.8 Å². The second-order valence-electron chi connectivity index (χ2n) is 9.26. The van der Waals surface area contributed by atoms with Crippen molar-refractivity contribution in [2.75, 3.05) is 6.61 Å². The molecule has 7 nitrogen and oxygen atoms in total. The largest absolute Gasteiger partial charge is 0.494 e. The third kappa shape index (κ3) is 3.10. The van der Waals surface area contributed by atoms with E-state index in [-0.39, 0.29) is 11.8 Å². The van der Waals surface area contributed by atoms with Gasteiger partial charge in [-0.1, -0.05) is 35.9 Å². The number of hydrogen-bond acceptors (Lipinski definition) is 6. The molecule has 4 heterocycles. The summed E-state index contributed by atoms with van der Waals surface area (Å²) >= 11 is 5.90. The maximum atomic E-state index is 11.5. The fourth-order valence-electron chi connectivity index (χ4n) is 5.68. The van der Waals surface area contributed by atoms with Gasteiger partial charge >= 0.3 is 0 Å². The van der Waals surface area contributed by atoms with Crippen molar-refractivity contribution >= 4 is 22.4 Å². The molecule has 0 spiro atoms. The molecule has 1 saturated heterocycles. The summed E-state index contributed by atoms with van der Waals surface area (Å²) in [6.07, 6.45) is 3.41. The van der Waals surface area contributed by atoms with E-state index in [2.05, 4.69) is 11.1 Å². The summed E-state index contributed by atoms with van der Waals surface area (Å²) in [7, 11) is 0. The highest BCUT2D eigenvalue weighted by molar-refractivity contribution is 6.30. The van der Waals surface area contributed by atoms with Crippen molar-refractivity contribution in [3.05, 3.63) is 76.4 Å². The fraction of sp³-hybridized carbons (Fsp3) is 0.259. The lowest BCUT2D eigenvalue weighted by Crippen LogP contribution is -2.25. The number of hydrogen-bond donors (Lipinski definition) is 2. The normalized spacial score (nSPS) is 22.3. The van der Waals surface area contributed by atoms with Gasteiger partial charge in [-0.3, -0.25) is 4.57 Å². The van der Waals surface area contributed by atoms with Crippen molar-refractivity contribution in [2.45, 2.75) is 37.4 Å². The molecule has 2 aliphatic rings. The van der Waals surface area contributed by atoms with E-state index in [1.54, 1.807) is 24.3 Å². The summed E-state index contributed by atoms with van der Waals surface area (Å²) < 4.78 is 13.8. The van der Waals surface area contributed by atoms with E-state index < -0.39 is 11.2 Å². The Balaban J connectivity index is 1.43. The number of nitriles is 1. The highest BCUT2D eigenvalue weighted by Crippen LogP contribution is 2.65. The van der Waals surface area contributed by atoms with Gasteiger partial charge in [-0.05, 0) is 38.0 Å². The first-order valence-corrected chi connectivity index (χ1v) is 11.8. The Kier molecular flexibility index (Phi) is 4.75. The SMILES string of the molecule is C[C@@]12CC[C@@](CCOc3ccc(Cl)cn3)(O1)c1c2c(O)n(-c2ccc(C#N)c3ccccc23)c1O. The van der Waals surface area contributed by atoms with Gasteiger partial charge in [0.25, 0.3) is 0 Å². The van der Waals surface area contributed by atoms with E-state index in [9.17, 15) is 15.5 Å². The maximum Gasteiger partial charge on any atom is 0.213 e. The summed E-state index contributed by atoms with van der Waals surface area (Å²) in [5, 5.41) is 34.5. The zero-order valence-electron chi connectivity index (χ0n) is 19.0. The monoisotopic (exact) mass is 487 g/mol. The van der Waals surface area contributed by atoms with E-state index in [1.807, 2.05) is 31.2 Å². The molecule has 2 aliphatic heterocycles. The Labute approximate surface area is 206 Å². The zero-order valence-corrected chi connectivity index (χ0v) is 19.7. The maximum absolute atomic E-state index is 11.5. The minimum atomic E-state index is -0.786. The summed E-state index contributed by atoms with van der Waals surface area (Å²) in [5.74, 6) is 0.357. The molecule has 35 heavy (non-hydrogen) atoms. The minimum absolute atomic E-state index is 0.0447. The molecule has 176 valence electrons. The van der Waals surface area contributed by atoms with Crippen LogP contribution in [0.3, 0.4) is 0 Å². The molecule has 4 aromatic rings. The predicted octanol–water partition coefficient (Wildman–Crippen LogP) is 5.67. The summed E-state index contributed by atoms with van der Waals surface area (Å²) in [5.41, 5.74) is 0.838. The predicted molar refractivity (Wildman–Crippen MR) is 130 cm³/mol. The van der Waals surface area contributed by atoms with E-state index in [4.69, 9.17) is 21.1 Å². The lowest BCUT2D eigenvalue weighted by atomic mass is 9.78. The quantitative estimate of drug-likeness (QED) is 0.376. The smallest absolute Gasteiger partial charge is 0.213 e. The molecule has 8 heteroatoms. The topological polar surface area (TPSA) is 101 Å². The second-order valence-corrected chi connectivity index (χ2v) is 9.70. The molecule has 0 amide bonds. The standard InChI is InChI=1S/C27H22ClN3O4/c1-26-10-11-27(35-26,12-13-34-21-9-7-17(28)15-30-21)23-22(26)24(32)31(25(23)33)20-8-6-16(14-29)18-4-2-3-5-19(18)20/h2-9,15,32-33H,10-13H2,1H3/t26-,27-/m0/s1. The highest BCUT2D eigenvalue weighted by atomic mass is 35.5. The molecule has 0 radical (unpaired) electrons. The first kappa shape index (κ1) is 21.8. The molecule has 1 fully saturated rings. The average molecular weight is 488 g/mol. The van der Waals surface area contributed by atoms with Gasteiger partial charge < -0.3 is 19.7 Å². The van der Waals surface area contributed by atoms with Gasteiger partial charge in [-0.15, -0.1) is 0 Å². The Morgan fingerprint density at radius 2 is 1.86 bits per heavy atom. The molecule has 2 bridgehead atoms. The third-order valence-electron chi connectivity index (χ3n) is 7.25. The number of nitrogens with zero attached hydrogens (tertiary/aromatic N) is 3. The molecular weight excluding hydrogens is 466 g/mol. The van der Waals surface area contributed by atoms with Crippen molar-refractivity contribution in [1.29, 1.82) is 5.26 Å². The molecule has 2 aromatic carbocycles. The number of fused-ring (bicyclic) bond motifs is 6. The van der Waals surface area contributed by atoms with E-state index in [0.717, 1.165) is 10.8 Å². The second kappa shape index (κ2) is 7.64. The number of halogens is 1. The van der Waals surface area contributed by atoms with Gasteiger partial charge in [-0.25, -0.2) is 4.98 Å². The van der Waals surface area contributed by atoms with Crippen LogP contribution in [0.5, 0.6) is 17.6 Å². The first-order chi connectivity index (χ1) is 16.9. The van der Waals surface area contributed by atoms with Crippen molar-refractivity contribution in [2.24, 2.45) is 0 Å². The van der Waals surface area contributed by atoms with Crippen molar-refractivity contribution in [3.8, 4) is 29.4 Å². The number of benzene rings is 2. The Morgan fingerprint density at radius 1 is 1.09 bits per heavy atom. The molecule has 0 unspecified atom stereocenters. The van der Waals surface area contributed by atoms with Crippen molar-refractivity contribution < 1.29 is 19.7 Å².